The van der Waals surface area contributed by atoms with Crippen molar-refractivity contribution in [2.45, 2.75) is 19.4 Å². The van der Waals surface area contributed by atoms with E-state index < -0.39 is 8.80 Å². The van der Waals surface area contributed by atoms with Gasteiger partial charge in [-0.1, -0.05) is 6.58 Å². The second-order valence-corrected chi connectivity index (χ2v) is 6.41. The Morgan fingerprint density at radius 3 is 2.00 bits per heavy atom. The van der Waals surface area contributed by atoms with Gasteiger partial charge in [-0.05, 0) is 13.3 Å². The summed E-state index contributed by atoms with van der Waals surface area (Å²) >= 11 is 0. The van der Waals surface area contributed by atoms with E-state index in [9.17, 15) is 4.79 Å². The molecule has 0 saturated heterocycles. The van der Waals surface area contributed by atoms with Crippen LogP contribution in [0.25, 0.3) is 0 Å². The van der Waals surface area contributed by atoms with E-state index in [0.29, 0.717) is 24.6 Å². The van der Waals surface area contributed by atoms with Crippen LogP contribution in [0.5, 0.6) is 0 Å². The van der Waals surface area contributed by atoms with E-state index in [0.717, 1.165) is 0 Å². The van der Waals surface area contributed by atoms with Gasteiger partial charge in [0.15, 0.2) is 0 Å². The molecule has 0 bridgehead atoms. The van der Waals surface area contributed by atoms with Crippen molar-refractivity contribution in [2.75, 3.05) is 27.9 Å². The summed E-state index contributed by atoms with van der Waals surface area (Å²) in [6.07, 6.45) is 0.640. The average molecular weight is 367 g/mol. The number of ether oxygens (including phenoxy) is 1. The molecule has 0 heterocycles. The first-order chi connectivity index (χ1) is 7.51. The number of esters is 1. The Morgan fingerprint density at radius 1 is 1.18 bits per heavy atom. The fraction of sp³-hybridized carbons (Fsp3) is 0.700. The molecule has 4 radical (unpaired) electrons. The number of hydrogen-bond donors (Lipinski definition) is 0. The minimum atomic E-state index is -2.53. The zero-order valence-electron chi connectivity index (χ0n) is 10.9. The van der Waals surface area contributed by atoms with Gasteiger partial charge in [-0.3, -0.25) is 0 Å². The summed E-state index contributed by atoms with van der Waals surface area (Å²) in [6, 6.07) is 0.611. The Morgan fingerprint density at radius 2 is 1.65 bits per heavy atom. The van der Waals surface area contributed by atoms with Crippen molar-refractivity contribution in [3.63, 3.8) is 0 Å². The van der Waals surface area contributed by atoms with Crippen molar-refractivity contribution in [3.05, 3.63) is 12.2 Å². The summed E-state index contributed by atoms with van der Waals surface area (Å²) in [4.78, 5) is 11.1. The van der Waals surface area contributed by atoms with E-state index in [-0.39, 0.29) is 29.9 Å². The number of hydrogen-bond acceptors (Lipinski definition) is 5. The number of carbonyl (C=O) groups is 1. The van der Waals surface area contributed by atoms with Crippen LogP contribution in [0.1, 0.15) is 13.3 Å². The van der Waals surface area contributed by atoms with Crippen LogP contribution in [-0.4, -0.2) is 66.6 Å². The van der Waals surface area contributed by atoms with Gasteiger partial charge in [0.05, 0.1) is 6.61 Å². The zero-order chi connectivity index (χ0) is 12.6. The summed E-state index contributed by atoms with van der Waals surface area (Å²) in [5.41, 5.74) is 0.397. The second-order valence-electron chi connectivity index (χ2n) is 3.32. The van der Waals surface area contributed by atoms with Crippen molar-refractivity contribution < 1.29 is 22.8 Å². The minimum absolute atomic E-state index is 0. The summed E-state index contributed by atoms with van der Waals surface area (Å²) < 4.78 is 20.6. The Kier molecular flexibility index (Phi) is 11.5. The van der Waals surface area contributed by atoms with Gasteiger partial charge in [-0.25, -0.2) is 4.79 Å². The topological polar surface area (TPSA) is 54.0 Å². The molecule has 0 rings (SSSR count). The van der Waals surface area contributed by atoms with Gasteiger partial charge in [-0.2, -0.15) is 0 Å². The van der Waals surface area contributed by atoms with Crippen molar-refractivity contribution in [1.29, 1.82) is 0 Å². The van der Waals surface area contributed by atoms with E-state index in [1.165, 1.54) is 0 Å². The van der Waals surface area contributed by atoms with Gasteiger partial charge in [0.2, 0.25) is 0 Å². The fourth-order valence-corrected chi connectivity index (χ4v) is 2.82. The molecule has 7 heteroatoms. The molecule has 17 heavy (non-hydrogen) atoms. The molecule has 0 aromatic heterocycles. The van der Waals surface area contributed by atoms with E-state index in [1.807, 2.05) is 0 Å². The molecule has 98 valence electrons. The minimum Gasteiger partial charge on any atom is -0.462 e. The third-order valence-electron chi connectivity index (χ3n) is 2.14. The van der Waals surface area contributed by atoms with Crippen LogP contribution in [0.4, 0.5) is 0 Å². The van der Waals surface area contributed by atoms with Crippen LogP contribution < -0.4 is 0 Å². The first kappa shape index (κ1) is 19.4. The smallest absolute Gasteiger partial charge is 0.462 e. The maximum atomic E-state index is 11.1. The molecule has 0 saturated carbocycles. The third-order valence-corrected chi connectivity index (χ3v) is 4.97. The Balaban J connectivity index is 0. The average Bonchev–Trinajstić information content (AvgIpc) is 2.30. The van der Waals surface area contributed by atoms with Crippen LogP contribution in [-0.2, 0) is 22.8 Å². The first-order valence-corrected chi connectivity index (χ1v) is 6.92. The SMILES string of the molecule is C=C(C)C(=O)OCCC[Si](OC)(OC)OC.[Sn]. The third kappa shape index (κ3) is 7.19. The Hall–Kier alpha value is 0.106. The largest absolute Gasteiger partial charge is 0.500 e. The van der Waals surface area contributed by atoms with Crippen molar-refractivity contribution in [2.24, 2.45) is 0 Å². The molecule has 0 aliphatic heterocycles. The molecule has 5 nitrogen and oxygen atoms in total. The standard InChI is InChI=1S/C10H20O5Si.Sn/c1-9(2)10(11)15-7-6-8-16(12-3,13-4)14-5;/h1,6-8H2,2-5H3;. The van der Waals surface area contributed by atoms with Crippen LogP contribution in [0.3, 0.4) is 0 Å². The molecule has 0 unspecified atom stereocenters. The first-order valence-electron chi connectivity index (χ1n) is 4.99. The molecule has 0 aliphatic rings. The van der Waals surface area contributed by atoms with E-state index >= 15 is 0 Å². The molecule has 0 fully saturated rings. The predicted octanol–water partition coefficient (Wildman–Crippen LogP) is 0.993. The van der Waals surface area contributed by atoms with Crippen molar-refractivity contribution in [1.82, 2.24) is 0 Å². The van der Waals surface area contributed by atoms with E-state index in [2.05, 4.69) is 6.58 Å². The summed E-state index contributed by atoms with van der Waals surface area (Å²) in [7, 11) is 2.13. The van der Waals surface area contributed by atoms with E-state index in [4.69, 9.17) is 18.0 Å². The molecular weight excluding hydrogens is 347 g/mol. The number of rotatable bonds is 8. The quantitative estimate of drug-likeness (QED) is 0.277. The van der Waals surface area contributed by atoms with Gasteiger partial charge in [-0.15, -0.1) is 0 Å². The number of carbonyl (C=O) groups excluding carboxylic acids is 1. The molecule has 0 atom stereocenters. The summed E-state index contributed by atoms with van der Waals surface area (Å²) in [5.74, 6) is -0.375. The maximum Gasteiger partial charge on any atom is 0.500 e. The van der Waals surface area contributed by atoms with Gasteiger partial charge in [0.25, 0.3) is 0 Å². The summed E-state index contributed by atoms with van der Waals surface area (Å²) in [5, 5.41) is 0. The predicted molar refractivity (Wildman–Crippen MR) is 67.7 cm³/mol. The zero-order valence-corrected chi connectivity index (χ0v) is 14.7. The van der Waals surface area contributed by atoms with Gasteiger partial charge in [0, 0.05) is 56.9 Å². The van der Waals surface area contributed by atoms with Crippen LogP contribution >= 0.6 is 0 Å². The van der Waals surface area contributed by atoms with Crippen molar-refractivity contribution in [3.8, 4) is 0 Å². The monoisotopic (exact) mass is 368 g/mol. The van der Waals surface area contributed by atoms with Crippen LogP contribution in [0, 0.1) is 0 Å². The molecular formula is C10H20O5SiSn. The maximum absolute atomic E-state index is 11.1. The van der Waals surface area contributed by atoms with Crippen LogP contribution in [0.2, 0.25) is 6.04 Å². The summed E-state index contributed by atoms with van der Waals surface area (Å²) in [6.45, 7) is 5.42. The normalized spacial score (nSPS) is 10.6. The molecule has 0 amide bonds. The Labute approximate surface area is 121 Å². The van der Waals surface area contributed by atoms with Gasteiger partial charge < -0.3 is 18.0 Å². The fourth-order valence-electron chi connectivity index (χ4n) is 1.13. The molecule has 0 aromatic rings. The second kappa shape index (κ2) is 10.1. The molecule has 0 aliphatic carbocycles. The van der Waals surface area contributed by atoms with Crippen LogP contribution in [0.15, 0.2) is 12.2 Å². The molecule has 0 N–H and O–H groups in total. The molecule has 0 aromatic carbocycles. The molecule has 0 spiro atoms. The Bertz CT molecular complexity index is 235. The van der Waals surface area contributed by atoms with Crippen molar-refractivity contribution >= 4 is 38.7 Å². The van der Waals surface area contributed by atoms with Gasteiger partial charge in [0.1, 0.15) is 0 Å². The van der Waals surface area contributed by atoms with Gasteiger partial charge >= 0.3 is 14.8 Å². The van der Waals surface area contributed by atoms with E-state index in [1.54, 1.807) is 28.3 Å².